The fraction of sp³-hybridized carbons (Fsp3) is 0.588. The second-order valence-electron chi connectivity index (χ2n) is 6.14. The maximum Gasteiger partial charge on any atom is 0.170 e. The minimum Gasteiger partial charge on any atom is -0.316 e. The third-order valence-electron chi connectivity index (χ3n) is 5.13. The Hall–Kier alpha value is -1.15. The number of benzene rings is 1. The predicted octanol–water partition coefficient (Wildman–Crippen LogP) is 3.53. The molecule has 2 heteroatoms. The molecule has 1 N–H and O–H groups in total. The van der Waals surface area contributed by atoms with Crippen LogP contribution in [-0.2, 0) is 0 Å². The van der Waals surface area contributed by atoms with E-state index in [1.54, 1.807) is 0 Å². The van der Waals surface area contributed by atoms with Crippen LogP contribution in [0, 0.1) is 5.41 Å². The van der Waals surface area contributed by atoms with Crippen molar-refractivity contribution in [2.24, 2.45) is 5.41 Å². The Morgan fingerprint density at radius 3 is 2.84 bits per heavy atom. The van der Waals surface area contributed by atoms with Crippen LogP contribution in [0.2, 0.25) is 0 Å². The van der Waals surface area contributed by atoms with E-state index in [4.69, 9.17) is 0 Å². The Balaban J connectivity index is 1.86. The molecule has 1 aromatic rings. The summed E-state index contributed by atoms with van der Waals surface area (Å²) in [5.74, 6) is 1.05. The lowest BCUT2D eigenvalue weighted by Gasteiger charge is -2.28. The van der Waals surface area contributed by atoms with Gasteiger partial charge in [0.25, 0.3) is 0 Å². The van der Waals surface area contributed by atoms with E-state index in [1.807, 2.05) is 6.07 Å². The highest BCUT2D eigenvalue weighted by molar-refractivity contribution is 6.01. The minimum atomic E-state index is -0.155. The molecule has 1 aliphatic heterocycles. The first-order valence-electron chi connectivity index (χ1n) is 7.61. The van der Waals surface area contributed by atoms with Gasteiger partial charge in [0.1, 0.15) is 0 Å². The monoisotopic (exact) mass is 257 g/mol. The van der Waals surface area contributed by atoms with Gasteiger partial charge in [-0.25, -0.2) is 0 Å². The van der Waals surface area contributed by atoms with Crippen molar-refractivity contribution in [1.82, 2.24) is 5.32 Å². The average molecular weight is 257 g/mol. The molecular formula is C17H23NO. The van der Waals surface area contributed by atoms with Crippen molar-refractivity contribution in [2.45, 2.75) is 44.9 Å². The van der Waals surface area contributed by atoms with Crippen molar-refractivity contribution in [2.75, 3.05) is 13.1 Å². The second-order valence-corrected chi connectivity index (χ2v) is 6.14. The number of ketones is 1. The Labute approximate surface area is 115 Å². The van der Waals surface area contributed by atoms with Crippen LogP contribution in [0.25, 0.3) is 0 Å². The molecule has 1 aromatic carbocycles. The van der Waals surface area contributed by atoms with E-state index in [0.717, 1.165) is 31.5 Å². The van der Waals surface area contributed by atoms with Crippen molar-refractivity contribution >= 4 is 5.78 Å². The molecule has 1 saturated carbocycles. The van der Waals surface area contributed by atoms with E-state index in [9.17, 15) is 4.79 Å². The molecular weight excluding hydrogens is 234 g/mol. The van der Waals surface area contributed by atoms with E-state index in [1.165, 1.54) is 24.8 Å². The minimum absolute atomic E-state index is 0.155. The van der Waals surface area contributed by atoms with Crippen LogP contribution >= 0.6 is 0 Å². The van der Waals surface area contributed by atoms with Crippen LogP contribution in [0.15, 0.2) is 24.3 Å². The molecule has 19 heavy (non-hydrogen) atoms. The molecule has 2 aliphatic rings. The summed E-state index contributed by atoms with van der Waals surface area (Å²) >= 11 is 0. The maximum absolute atomic E-state index is 12.8. The van der Waals surface area contributed by atoms with E-state index >= 15 is 0 Å². The lowest BCUT2D eigenvalue weighted by atomic mass is 9.75. The lowest BCUT2D eigenvalue weighted by Crippen LogP contribution is -2.33. The van der Waals surface area contributed by atoms with E-state index in [-0.39, 0.29) is 5.41 Å². The van der Waals surface area contributed by atoms with E-state index in [2.05, 4.69) is 30.4 Å². The quantitative estimate of drug-likeness (QED) is 0.836. The molecule has 102 valence electrons. The van der Waals surface area contributed by atoms with Gasteiger partial charge in [0.15, 0.2) is 5.78 Å². The van der Waals surface area contributed by atoms with Crippen molar-refractivity contribution < 1.29 is 4.79 Å². The fourth-order valence-electron chi connectivity index (χ4n) is 3.38. The predicted molar refractivity (Wildman–Crippen MR) is 77.6 cm³/mol. The van der Waals surface area contributed by atoms with Crippen LogP contribution in [-0.4, -0.2) is 18.9 Å². The molecule has 2 nitrogen and oxygen atoms in total. The standard InChI is InChI=1S/C17H23NO/c1-2-17(9-10-18-12-17)16(19)15-8-4-7-14(11-15)13-5-3-6-13/h4,7-8,11,13,18H,2-3,5-6,9-10,12H2,1H3. The van der Waals surface area contributed by atoms with Gasteiger partial charge in [0.2, 0.25) is 0 Å². The highest BCUT2D eigenvalue weighted by Gasteiger charge is 2.39. The summed E-state index contributed by atoms with van der Waals surface area (Å²) in [5, 5.41) is 3.35. The second kappa shape index (κ2) is 5.09. The largest absolute Gasteiger partial charge is 0.316 e. The Morgan fingerprint density at radius 1 is 1.42 bits per heavy atom. The summed E-state index contributed by atoms with van der Waals surface area (Å²) in [7, 11) is 0. The number of carbonyl (C=O) groups is 1. The van der Waals surface area contributed by atoms with Gasteiger partial charge in [-0.2, -0.15) is 0 Å². The molecule has 1 atom stereocenters. The van der Waals surface area contributed by atoms with Gasteiger partial charge in [-0.15, -0.1) is 0 Å². The molecule has 1 saturated heterocycles. The summed E-state index contributed by atoms with van der Waals surface area (Å²) in [6.45, 7) is 3.96. The van der Waals surface area contributed by atoms with Gasteiger partial charge in [-0.3, -0.25) is 4.79 Å². The lowest BCUT2D eigenvalue weighted by molar-refractivity contribution is 0.0810. The molecule has 0 spiro atoms. The molecule has 0 radical (unpaired) electrons. The van der Waals surface area contributed by atoms with Gasteiger partial charge in [0.05, 0.1) is 0 Å². The summed E-state index contributed by atoms with van der Waals surface area (Å²) in [6.07, 6.45) is 5.84. The smallest absolute Gasteiger partial charge is 0.170 e. The van der Waals surface area contributed by atoms with Gasteiger partial charge >= 0.3 is 0 Å². The molecule has 1 aliphatic carbocycles. The van der Waals surface area contributed by atoms with E-state index in [0.29, 0.717) is 11.7 Å². The Morgan fingerprint density at radius 2 is 2.26 bits per heavy atom. The molecule has 3 rings (SSSR count). The number of Topliss-reactive ketones (excluding diaryl/α,β-unsaturated/α-hetero) is 1. The summed E-state index contributed by atoms with van der Waals surface area (Å²) < 4.78 is 0. The Bertz CT molecular complexity index is 470. The Kier molecular flexibility index (Phi) is 3.44. The number of rotatable bonds is 4. The van der Waals surface area contributed by atoms with Crippen LogP contribution in [0.4, 0.5) is 0 Å². The van der Waals surface area contributed by atoms with Crippen LogP contribution in [0.5, 0.6) is 0 Å². The van der Waals surface area contributed by atoms with Gasteiger partial charge in [0, 0.05) is 17.5 Å². The van der Waals surface area contributed by atoms with Crippen molar-refractivity contribution in [3.63, 3.8) is 0 Å². The topological polar surface area (TPSA) is 29.1 Å². The molecule has 2 fully saturated rings. The first-order chi connectivity index (χ1) is 9.25. The zero-order valence-corrected chi connectivity index (χ0v) is 11.7. The molecule has 1 heterocycles. The molecule has 0 amide bonds. The van der Waals surface area contributed by atoms with E-state index < -0.39 is 0 Å². The fourth-order valence-corrected chi connectivity index (χ4v) is 3.38. The first kappa shape index (κ1) is 12.9. The number of nitrogens with one attached hydrogen (secondary N) is 1. The normalized spacial score (nSPS) is 27.2. The number of hydrogen-bond donors (Lipinski definition) is 1. The molecule has 0 aromatic heterocycles. The van der Waals surface area contributed by atoms with Crippen molar-refractivity contribution in [1.29, 1.82) is 0 Å². The highest BCUT2D eigenvalue weighted by atomic mass is 16.1. The third-order valence-corrected chi connectivity index (χ3v) is 5.13. The molecule has 1 unspecified atom stereocenters. The summed E-state index contributed by atoms with van der Waals surface area (Å²) in [5.41, 5.74) is 2.14. The number of carbonyl (C=O) groups excluding carboxylic acids is 1. The third kappa shape index (κ3) is 2.23. The number of hydrogen-bond acceptors (Lipinski definition) is 2. The average Bonchev–Trinajstić information content (AvgIpc) is 2.86. The van der Waals surface area contributed by atoms with Gasteiger partial charge in [-0.05, 0) is 49.8 Å². The van der Waals surface area contributed by atoms with Crippen LogP contribution < -0.4 is 5.32 Å². The summed E-state index contributed by atoms with van der Waals surface area (Å²) in [6, 6.07) is 8.40. The first-order valence-corrected chi connectivity index (χ1v) is 7.61. The zero-order chi connectivity index (χ0) is 13.3. The summed E-state index contributed by atoms with van der Waals surface area (Å²) in [4.78, 5) is 12.8. The van der Waals surface area contributed by atoms with Gasteiger partial charge < -0.3 is 5.32 Å². The van der Waals surface area contributed by atoms with Crippen molar-refractivity contribution in [3.8, 4) is 0 Å². The van der Waals surface area contributed by atoms with Crippen LogP contribution in [0.1, 0.15) is 60.9 Å². The van der Waals surface area contributed by atoms with Crippen LogP contribution in [0.3, 0.4) is 0 Å². The zero-order valence-electron chi connectivity index (χ0n) is 11.7. The van der Waals surface area contributed by atoms with Crippen molar-refractivity contribution in [3.05, 3.63) is 35.4 Å². The SMILES string of the molecule is CCC1(C(=O)c2cccc(C3CCC3)c2)CCNC1. The molecule has 0 bridgehead atoms. The maximum atomic E-state index is 12.8. The highest BCUT2D eigenvalue weighted by Crippen LogP contribution is 2.38. The van der Waals surface area contributed by atoms with Gasteiger partial charge in [-0.1, -0.05) is 31.5 Å².